The molecule has 0 heterocycles. The van der Waals surface area contributed by atoms with Crippen molar-refractivity contribution in [1.29, 1.82) is 0 Å². The highest BCUT2D eigenvalue weighted by atomic mass is 35.5. The average molecular weight is 442 g/mol. The van der Waals surface area contributed by atoms with Crippen molar-refractivity contribution >= 4 is 39.4 Å². The molecule has 0 bridgehead atoms. The summed E-state index contributed by atoms with van der Waals surface area (Å²) in [5.74, 6) is -0.413. The molecule has 3 rings (SSSR count). The van der Waals surface area contributed by atoms with E-state index in [1.165, 1.54) is 17.6 Å². The number of hydrogen-bond acceptors (Lipinski definition) is 4. The van der Waals surface area contributed by atoms with Gasteiger partial charge in [0.2, 0.25) is 0 Å². The van der Waals surface area contributed by atoms with Crippen LogP contribution in [0.5, 0.6) is 0 Å². The van der Waals surface area contributed by atoms with Crippen LogP contribution in [0.15, 0.2) is 82.8 Å². The van der Waals surface area contributed by atoms with E-state index in [9.17, 15) is 13.2 Å². The van der Waals surface area contributed by atoms with Crippen LogP contribution < -0.4 is 9.73 Å². The number of anilines is 1. The van der Waals surface area contributed by atoms with Crippen molar-refractivity contribution in [3.8, 4) is 0 Å². The monoisotopic (exact) mass is 441 g/mol. The van der Waals surface area contributed by atoms with E-state index in [4.69, 9.17) is 11.6 Å². The zero-order valence-electron chi connectivity index (χ0n) is 16.4. The predicted molar refractivity (Wildman–Crippen MR) is 120 cm³/mol. The van der Waals surface area contributed by atoms with Gasteiger partial charge in [0.05, 0.1) is 16.8 Å². The van der Waals surface area contributed by atoms with Gasteiger partial charge in [-0.3, -0.25) is 9.10 Å². The minimum atomic E-state index is -3.69. The maximum absolute atomic E-state index is 12.8. The first kappa shape index (κ1) is 21.5. The van der Waals surface area contributed by atoms with Gasteiger partial charge in [0.25, 0.3) is 15.9 Å². The molecule has 0 atom stereocenters. The lowest BCUT2D eigenvalue weighted by Gasteiger charge is -2.19. The van der Waals surface area contributed by atoms with E-state index in [2.05, 4.69) is 10.5 Å². The lowest BCUT2D eigenvalue weighted by Crippen LogP contribution is -2.26. The summed E-state index contributed by atoms with van der Waals surface area (Å²) in [5, 5.41) is 4.49. The van der Waals surface area contributed by atoms with Gasteiger partial charge in [-0.1, -0.05) is 41.4 Å². The van der Waals surface area contributed by atoms with Gasteiger partial charge in [0, 0.05) is 17.6 Å². The van der Waals surface area contributed by atoms with Gasteiger partial charge in [0.15, 0.2) is 0 Å². The van der Waals surface area contributed by atoms with Gasteiger partial charge in [-0.05, 0) is 61.0 Å². The van der Waals surface area contributed by atoms with Gasteiger partial charge in [-0.15, -0.1) is 0 Å². The molecule has 0 unspecified atom stereocenters. The molecule has 0 aliphatic rings. The number of carbonyl (C=O) groups is 1. The smallest absolute Gasteiger partial charge is 0.269 e. The fraction of sp³-hybridized carbons (Fsp3) is 0.0909. The minimum Gasteiger partial charge on any atom is -0.269 e. The number of benzene rings is 3. The van der Waals surface area contributed by atoms with Gasteiger partial charge in [-0.25, -0.2) is 13.8 Å². The van der Waals surface area contributed by atoms with E-state index < -0.39 is 15.9 Å². The Labute approximate surface area is 180 Å². The van der Waals surface area contributed by atoms with E-state index in [1.54, 1.807) is 72.8 Å². The Kier molecular flexibility index (Phi) is 6.54. The summed E-state index contributed by atoms with van der Waals surface area (Å²) in [5.41, 5.74) is 4.95. The maximum atomic E-state index is 12.8. The lowest BCUT2D eigenvalue weighted by atomic mass is 10.2. The standard InChI is InChI=1S/C22H20ClN3O3S/c1-16-6-12-21(13-7-16)30(28,29)26(2)20-10-8-18(9-11-20)22(27)25-24-15-17-4-3-5-19(23)14-17/h3-15H,1-2H3,(H,25,27)/b24-15-. The molecular weight excluding hydrogens is 422 g/mol. The van der Waals surface area contributed by atoms with E-state index >= 15 is 0 Å². The molecule has 30 heavy (non-hydrogen) atoms. The minimum absolute atomic E-state index is 0.202. The number of hydrazone groups is 1. The van der Waals surface area contributed by atoms with Crippen molar-refractivity contribution in [2.75, 3.05) is 11.4 Å². The molecular formula is C22H20ClN3O3S. The Morgan fingerprint density at radius 2 is 1.70 bits per heavy atom. The summed E-state index contributed by atoms with van der Waals surface area (Å²) in [6.07, 6.45) is 1.49. The van der Waals surface area contributed by atoms with Crippen LogP contribution >= 0.6 is 11.6 Å². The molecule has 0 saturated carbocycles. The highest BCUT2D eigenvalue weighted by Gasteiger charge is 2.21. The Morgan fingerprint density at radius 1 is 1.03 bits per heavy atom. The number of amides is 1. The topological polar surface area (TPSA) is 78.8 Å². The number of carbonyl (C=O) groups excluding carboxylic acids is 1. The predicted octanol–water partition coefficient (Wildman–Crippen LogP) is 4.24. The number of sulfonamides is 1. The third kappa shape index (κ3) is 5.06. The van der Waals surface area contributed by atoms with Crippen molar-refractivity contribution in [3.63, 3.8) is 0 Å². The first-order valence-corrected chi connectivity index (χ1v) is 10.8. The number of rotatable bonds is 6. The summed E-state index contributed by atoms with van der Waals surface area (Å²) >= 11 is 5.90. The summed E-state index contributed by atoms with van der Waals surface area (Å²) < 4.78 is 26.7. The molecule has 0 aromatic heterocycles. The second-order valence-corrected chi connectivity index (χ2v) is 8.99. The molecule has 6 nitrogen and oxygen atoms in total. The quantitative estimate of drug-likeness (QED) is 0.459. The zero-order chi connectivity index (χ0) is 21.7. The summed E-state index contributed by atoms with van der Waals surface area (Å²) in [6.45, 7) is 1.89. The second kappa shape index (κ2) is 9.11. The van der Waals surface area contributed by atoms with Crippen molar-refractivity contribution in [1.82, 2.24) is 5.43 Å². The van der Waals surface area contributed by atoms with E-state index in [-0.39, 0.29) is 4.90 Å². The first-order valence-electron chi connectivity index (χ1n) is 9.02. The van der Waals surface area contributed by atoms with Gasteiger partial charge < -0.3 is 0 Å². The molecule has 154 valence electrons. The molecule has 0 aliphatic carbocycles. The van der Waals surface area contributed by atoms with Crippen LogP contribution in [0.4, 0.5) is 5.69 Å². The van der Waals surface area contributed by atoms with Crippen molar-refractivity contribution < 1.29 is 13.2 Å². The van der Waals surface area contributed by atoms with Gasteiger partial charge in [-0.2, -0.15) is 5.10 Å². The third-order valence-corrected chi connectivity index (χ3v) is 6.44. The lowest BCUT2D eigenvalue weighted by molar-refractivity contribution is 0.0955. The second-order valence-electron chi connectivity index (χ2n) is 6.59. The first-order chi connectivity index (χ1) is 14.3. The Balaban J connectivity index is 1.69. The molecule has 1 amide bonds. The number of aryl methyl sites for hydroxylation is 1. The van der Waals surface area contributed by atoms with E-state index in [0.29, 0.717) is 16.3 Å². The summed E-state index contributed by atoms with van der Waals surface area (Å²) in [7, 11) is -2.22. The maximum Gasteiger partial charge on any atom is 0.271 e. The van der Waals surface area contributed by atoms with Crippen LogP contribution in [-0.4, -0.2) is 27.6 Å². The van der Waals surface area contributed by atoms with Gasteiger partial charge in [0.1, 0.15) is 0 Å². The SMILES string of the molecule is Cc1ccc(S(=O)(=O)N(C)c2ccc(C(=O)N/N=C\c3cccc(Cl)c3)cc2)cc1. The molecule has 0 fully saturated rings. The average Bonchev–Trinajstić information content (AvgIpc) is 2.73. The van der Waals surface area contributed by atoms with Crippen molar-refractivity contribution in [3.05, 3.63) is 94.5 Å². The Morgan fingerprint density at radius 3 is 2.33 bits per heavy atom. The molecule has 3 aromatic rings. The molecule has 1 N–H and O–H groups in total. The van der Waals surface area contributed by atoms with Crippen LogP contribution in [0.1, 0.15) is 21.5 Å². The number of nitrogens with one attached hydrogen (secondary N) is 1. The largest absolute Gasteiger partial charge is 0.271 e. The van der Waals surface area contributed by atoms with Crippen molar-refractivity contribution in [2.45, 2.75) is 11.8 Å². The van der Waals surface area contributed by atoms with Crippen LogP contribution in [0.2, 0.25) is 5.02 Å². The summed E-state index contributed by atoms with van der Waals surface area (Å²) in [6, 6.07) is 19.9. The van der Waals surface area contributed by atoms with E-state index in [1.807, 2.05) is 6.92 Å². The fourth-order valence-electron chi connectivity index (χ4n) is 2.65. The normalized spacial score (nSPS) is 11.4. The zero-order valence-corrected chi connectivity index (χ0v) is 18.0. The third-order valence-electron chi connectivity index (χ3n) is 4.40. The fourth-order valence-corrected chi connectivity index (χ4v) is 4.04. The molecule has 0 radical (unpaired) electrons. The summed E-state index contributed by atoms with van der Waals surface area (Å²) in [4.78, 5) is 12.5. The Hall–Kier alpha value is -3.16. The van der Waals surface area contributed by atoms with Crippen LogP contribution in [0.25, 0.3) is 0 Å². The number of nitrogens with zero attached hydrogens (tertiary/aromatic N) is 2. The molecule has 0 aliphatic heterocycles. The van der Waals surface area contributed by atoms with Gasteiger partial charge >= 0.3 is 0 Å². The van der Waals surface area contributed by atoms with Crippen LogP contribution in [0.3, 0.4) is 0 Å². The highest BCUT2D eigenvalue weighted by molar-refractivity contribution is 7.92. The highest BCUT2D eigenvalue weighted by Crippen LogP contribution is 2.22. The van der Waals surface area contributed by atoms with Crippen LogP contribution in [0, 0.1) is 6.92 Å². The number of hydrogen-bond donors (Lipinski definition) is 1. The van der Waals surface area contributed by atoms with Crippen LogP contribution in [-0.2, 0) is 10.0 Å². The number of halogens is 1. The molecule has 8 heteroatoms. The van der Waals surface area contributed by atoms with E-state index in [0.717, 1.165) is 11.1 Å². The Bertz CT molecular complexity index is 1180. The molecule has 3 aromatic carbocycles. The molecule has 0 spiro atoms. The molecule has 0 saturated heterocycles. The van der Waals surface area contributed by atoms with Crippen molar-refractivity contribution in [2.24, 2.45) is 5.10 Å².